The summed E-state index contributed by atoms with van der Waals surface area (Å²) >= 11 is 3.11. The van der Waals surface area contributed by atoms with Gasteiger partial charge in [0.2, 0.25) is 0 Å². The molecule has 0 unspecified atom stereocenters. The molecule has 0 bridgehead atoms. The van der Waals surface area contributed by atoms with Gasteiger partial charge in [-0.05, 0) is 55.6 Å². The van der Waals surface area contributed by atoms with E-state index >= 15 is 0 Å². The third-order valence-corrected chi connectivity index (χ3v) is 8.31. The highest BCUT2D eigenvalue weighted by Gasteiger charge is 2.31. The Balaban J connectivity index is 1.80. The molecule has 176 valence electrons. The Kier molecular flexibility index (Phi) is 7.38. The second kappa shape index (κ2) is 10.3. The highest BCUT2D eigenvalue weighted by atomic mass is 32.1. The van der Waals surface area contributed by atoms with Crippen LogP contribution in [0.5, 0.6) is 11.5 Å². The van der Waals surface area contributed by atoms with Crippen LogP contribution in [0, 0.1) is 13.8 Å². The van der Waals surface area contributed by atoms with Gasteiger partial charge in [0.25, 0.3) is 5.91 Å². The molecule has 1 atom stereocenters. The van der Waals surface area contributed by atoms with Gasteiger partial charge in [-0.2, -0.15) is 0 Å². The normalized spacial score (nSPS) is 15.9. The van der Waals surface area contributed by atoms with Gasteiger partial charge >= 0.3 is 0 Å². The summed E-state index contributed by atoms with van der Waals surface area (Å²) in [5, 5.41) is 6.07. The number of carbonyl (C=O) groups is 1. The maximum atomic E-state index is 13.0. The van der Waals surface area contributed by atoms with E-state index in [0.717, 1.165) is 36.7 Å². The van der Waals surface area contributed by atoms with Crippen LogP contribution in [-0.2, 0) is 0 Å². The molecule has 1 N–H and O–H groups in total. The van der Waals surface area contributed by atoms with Crippen LogP contribution < -0.4 is 14.8 Å². The number of hydrogen-bond donors (Lipinski definition) is 1. The van der Waals surface area contributed by atoms with Gasteiger partial charge in [0.05, 0.1) is 25.1 Å². The van der Waals surface area contributed by atoms with Crippen molar-refractivity contribution in [3.8, 4) is 11.5 Å². The number of carbonyl (C=O) groups excluding carboxylic acids is 1. The molecule has 4 rings (SSSR count). The Hall–Kier alpha value is -2.39. The molecular weight excluding hydrogens is 454 g/mol. The fourth-order valence-electron chi connectivity index (χ4n) is 4.30. The smallest absolute Gasteiger partial charge is 0.266 e. The van der Waals surface area contributed by atoms with Crippen molar-refractivity contribution in [2.24, 2.45) is 0 Å². The van der Waals surface area contributed by atoms with Gasteiger partial charge in [-0.3, -0.25) is 9.69 Å². The zero-order valence-electron chi connectivity index (χ0n) is 19.8. The lowest BCUT2D eigenvalue weighted by atomic mass is 9.94. The summed E-state index contributed by atoms with van der Waals surface area (Å²) in [5.41, 5.74) is 3.52. The number of rotatable bonds is 7. The number of methoxy groups -OCH3 is 2. The van der Waals surface area contributed by atoms with Crippen LogP contribution in [-0.4, -0.2) is 63.2 Å². The average molecular weight is 486 g/mol. The van der Waals surface area contributed by atoms with E-state index < -0.39 is 0 Å². The molecule has 0 spiro atoms. The van der Waals surface area contributed by atoms with Crippen LogP contribution in [0.15, 0.2) is 35.7 Å². The monoisotopic (exact) mass is 485 g/mol. The van der Waals surface area contributed by atoms with E-state index in [1.807, 2.05) is 23.6 Å². The Morgan fingerprint density at radius 3 is 2.42 bits per heavy atom. The van der Waals surface area contributed by atoms with E-state index in [0.29, 0.717) is 16.4 Å². The Labute approximate surface area is 203 Å². The molecule has 0 aliphatic carbocycles. The lowest BCUT2D eigenvalue weighted by Crippen LogP contribution is -2.46. The van der Waals surface area contributed by atoms with Gasteiger partial charge in [-0.15, -0.1) is 22.7 Å². The number of nitrogens with one attached hydrogen (secondary N) is 1. The maximum absolute atomic E-state index is 13.0. The molecule has 2 aromatic heterocycles. The lowest BCUT2D eigenvalue weighted by Gasteiger charge is -2.39. The first-order valence-corrected chi connectivity index (χ1v) is 12.7. The highest BCUT2D eigenvalue weighted by molar-refractivity contribution is 7.17. The minimum absolute atomic E-state index is 0.00194. The van der Waals surface area contributed by atoms with Gasteiger partial charge in [0.1, 0.15) is 5.00 Å². The maximum Gasteiger partial charge on any atom is 0.266 e. The number of piperazine rings is 1. The van der Waals surface area contributed by atoms with E-state index in [1.165, 1.54) is 27.3 Å². The fraction of sp³-hybridized carbons (Fsp3) is 0.400. The molecule has 8 heteroatoms. The summed E-state index contributed by atoms with van der Waals surface area (Å²) in [6, 6.07) is 9.92. The fourth-order valence-corrected chi connectivity index (χ4v) is 6.01. The predicted octanol–water partition coefficient (Wildman–Crippen LogP) is 5.03. The second-order valence-corrected chi connectivity index (χ2v) is 10.5. The molecule has 1 aromatic carbocycles. The largest absolute Gasteiger partial charge is 0.493 e. The van der Waals surface area contributed by atoms with Crippen molar-refractivity contribution in [3.05, 3.63) is 62.2 Å². The molecule has 6 nitrogen and oxygen atoms in total. The third-order valence-electron chi connectivity index (χ3n) is 6.30. The molecule has 0 radical (unpaired) electrons. The van der Waals surface area contributed by atoms with Crippen LogP contribution in [0.25, 0.3) is 0 Å². The number of nitrogens with zero attached hydrogens (tertiary/aromatic N) is 2. The van der Waals surface area contributed by atoms with Gasteiger partial charge in [-0.25, -0.2) is 0 Å². The topological polar surface area (TPSA) is 54.0 Å². The molecule has 3 aromatic rings. The molecule has 0 saturated carbocycles. The number of ether oxygens (including phenoxy) is 2. The van der Waals surface area contributed by atoms with E-state index in [2.05, 4.69) is 48.1 Å². The van der Waals surface area contributed by atoms with Crippen molar-refractivity contribution in [2.45, 2.75) is 19.9 Å². The summed E-state index contributed by atoms with van der Waals surface area (Å²) < 4.78 is 11.1. The van der Waals surface area contributed by atoms with Crippen molar-refractivity contribution in [2.75, 3.05) is 52.8 Å². The van der Waals surface area contributed by atoms with Gasteiger partial charge < -0.3 is 19.7 Å². The van der Waals surface area contributed by atoms with Crippen LogP contribution in [0.1, 0.15) is 37.3 Å². The van der Waals surface area contributed by atoms with Crippen LogP contribution in [0.2, 0.25) is 0 Å². The molecule has 1 amide bonds. The van der Waals surface area contributed by atoms with Crippen molar-refractivity contribution in [1.29, 1.82) is 0 Å². The van der Waals surface area contributed by atoms with E-state index in [9.17, 15) is 4.79 Å². The molecule has 1 saturated heterocycles. The number of hydrogen-bond acceptors (Lipinski definition) is 7. The minimum Gasteiger partial charge on any atom is -0.493 e. The van der Waals surface area contributed by atoms with Gasteiger partial charge in [-0.1, -0.05) is 12.1 Å². The van der Waals surface area contributed by atoms with E-state index in [1.54, 1.807) is 25.6 Å². The van der Waals surface area contributed by atoms with Crippen molar-refractivity contribution < 1.29 is 14.3 Å². The quantitative estimate of drug-likeness (QED) is 0.509. The summed E-state index contributed by atoms with van der Waals surface area (Å²) in [7, 11) is 5.48. The number of benzene rings is 1. The number of likely N-dealkylation sites (N-methyl/N-ethyl adjacent to an activating group) is 1. The summed E-state index contributed by atoms with van der Waals surface area (Å²) in [6.07, 6.45) is 0. The first-order valence-electron chi connectivity index (χ1n) is 11.0. The zero-order valence-corrected chi connectivity index (χ0v) is 21.4. The van der Waals surface area contributed by atoms with Gasteiger partial charge in [0.15, 0.2) is 11.5 Å². The van der Waals surface area contributed by atoms with E-state index in [4.69, 9.17) is 9.47 Å². The number of thiophene rings is 2. The van der Waals surface area contributed by atoms with Crippen LogP contribution in [0.3, 0.4) is 0 Å². The number of aryl methyl sites for hydroxylation is 1. The molecule has 33 heavy (non-hydrogen) atoms. The first-order chi connectivity index (χ1) is 15.9. The molecule has 1 aliphatic rings. The standard InChI is InChI=1S/C25H31N3O3S2/c1-16-17(2)33-25(26-24(29)21-7-6-14-32-21)22(16)23(28-12-10-27(3)11-13-28)18-8-9-19(30-4)20(15-18)31-5/h6-9,14-15,23H,10-13H2,1-5H3,(H,26,29)/t23-/m1/s1. The minimum atomic E-state index is -0.0584. The van der Waals surface area contributed by atoms with Crippen LogP contribution >= 0.6 is 22.7 Å². The second-order valence-electron chi connectivity index (χ2n) is 8.31. The van der Waals surface area contributed by atoms with Crippen molar-refractivity contribution >= 4 is 33.6 Å². The SMILES string of the molecule is COc1ccc([C@H](c2c(NC(=O)c3cccs3)sc(C)c2C)N2CCN(C)CC2)cc1OC. The van der Waals surface area contributed by atoms with Crippen molar-refractivity contribution in [3.63, 3.8) is 0 Å². The number of anilines is 1. The van der Waals surface area contributed by atoms with E-state index in [-0.39, 0.29) is 11.9 Å². The lowest BCUT2D eigenvalue weighted by molar-refractivity contribution is 0.103. The molecule has 3 heterocycles. The predicted molar refractivity (Wildman–Crippen MR) is 137 cm³/mol. The Morgan fingerprint density at radius 1 is 1.06 bits per heavy atom. The van der Waals surface area contributed by atoms with Gasteiger partial charge in [0, 0.05) is 36.6 Å². The number of amides is 1. The molecule has 1 fully saturated rings. The first kappa shape index (κ1) is 23.8. The summed E-state index contributed by atoms with van der Waals surface area (Å²) in [6.45, 7) is 8.18. The zero-order chi connectivity index (χ0) is 23.5. The Morgan fingerprint density at radius 2 is 1.79 bits per heavy atom. The summed E-state index contributed by atoms with van der Waals surface area (Å²) in [4.78, 5) is 19.8. The molecular formula is C25H31N3O3S2. The Bertz CT molecular complexity index is 1100. The highest BCUT2D eigenvalue weighted by Crippen LogP contribution is 2.44. The summed E-state index contributed by atoms with van der Waals surface area (Å²) in [5.74, 6) is 1.36. The third kappa shape index (κ3) is 4.94. The van der Waals surface area contributed by atoms with Crippen LogP contribution in [0.4, 0.5) is 5.00 Å². The van der Waals surface area contributed by atoms with Crippen molar-refractivity contribution in [1.82, 2.24) is 9.80 Å². The molecule has 1 aliphatic heterocycles. The average Bonchev–Trinajstić information content (AvgIpc) is 3.45.